The van der Waals surface area contributed by atoms with Gasteiger partial charge < -0.3 is 28.4 Å². The quantitative estimate of drug-likeness (QED) is 0.240. The van der Waals surface area contributed by atoms with E-state index in [1.807, 2.05) is 47.8 Å². The molecule has 2 saturated heterocycles. The minimum absolute atomic E-state index is 0.112. The van der Waals surface area contributed by atoms with E-state index in [1.165, 1.54) is 18.3 Å². The molecule has 2 aliphatic heterocycles. The molecule has 1 N–H and O–H groups in total. The van der Waals surface area contributed by atoms with E-state index >= 15 is 0 Å². The Bertz CT molecular complexity index is 973. The Morgan fingerprint density at radius 3 is 2.53 bits per heavy atom. The highest BCUT2D eigenvalue weighted by Gasteiger charge is 2.54. The van der Waals surface area contributed by atoms with Crippen molar-refractivity contribution in [1.29, 1.82) is 5.41 Å². The third-order valence-electron chi connectivity index (χ3n) is 5.15. The average molecular weight is 551 g/mol. The van der Waals surface area contributed by atoms with Gasteiger partial charge in [0.05, 0.1) is 13.2 Å². The van der Waals surface area contributed by atoms with E-state index in [9.17, 15) is 4.79 Å². The second-order valence-electron chi connectivity index (χ2n) is 7.59. The largest absolute Gasteiger partial charge is 0.457 e. The van der Waals surface area contributed by atoms with Gasteiger partial charge in [-0.05, 0) is 11.4 Å². The van der Waals surface area contributed by atoms with Crippen LogP contribution in [0.3, 0.4) is 0 Å². The number of benzene rings is 1. The highest BCUT2D eigenvalue weighted by Crippen LogP contribution is 2.38. The van der Waals surface area contributed by atoms with Gasteiger partial charge in [0.15, 0.2) is 18.5 Å². The number of fused-ring (bicyclic) bond motifs is 1. The Kier molecular flexibility index (Phi) is 8.37. The normalized spacial score (nSPS) is 29.2. The van der Waals surface area contributed by atoms with E-state index in [2.05, 4.69) is 0 Å². The number of carbonyl (C=O) groups excluding carboxylic acids is 1. The maximum Gasteiger partial charge on any atom is 0.303 e. The molecule has 0 amide bonds. The Morgan fingerprint density at radius 2 is 1.88 bits per heavy atom. The number of carbonyl (C=O) groups is 1. The zero-order valence-corrected chi connectivity index (χ0v) is 21.0. The van der Waals surface area contributed by atoms with Crippen LogP contribution in [0.15, 0.2) is 47.8 Å². The number of thiophene rings is 1. The Hall–Kier alpha value is -1.43. The maximum atomic E-state index is 12.1. The van der Waals surface area contributed by atoms with Gasteiger partial charge in [-0.3, -0.25) is 10.2 Å². The van der Waals surface area contributed by atoms with Crippen LogP contribution in [0.4, 0.5) is 0 Å². The van der Waals surface area contributed by atoms with E-state index in [4.69, 9.17) is 68.6 Å². The van der Waals surface area contributed by atoms with Gasteiger partial charge in [0.25, 0.3) is 3.79 Å². The van der Waals surface area contributed by atoms with E-state index in [0.717, 1.165) is 10.4 Å². The Labute approximate surface area is 215 Å². The van der Waals surface area contributed by atoms with Crippen LogP contribution in [0.1, 0.15) is 23.7 Å². The third kappa shape index (κ3) is 6.22. The molecule has 0 saturated carbocycles. The van der Waals surface area contributed by atoms with Gasteiger partial charge >= 0.3 is 5.97 Å². The predicted octanol–water partition coefficient (Wildman–Crippen LogP) is 4.77. The summed E-state index contributed by atoms with van der Waals surface area (Å²) in [6.45, 7) is 1.58. The molecule has 2 unspecified atom stereocenters. The zero-order valence-electron chi connectivity index (χ0n) is 17.9. The second kappa shape index (κ2) is 11.1. The van der Waals surface area contributed by atoms with Crippen molar-refractivity contribution in [3.05, 3.63) is 58.3 Å². The monoisotopic (exact) mass is 549 g/mol. The number of rotatable bonds is 6. The first kappa shape index (κ1) is 25.7. The molecular weight excluding hydrogens is 529 g/mol. The number of nitrogens with one attached hydrogen (secondary N) is 1. The van der Waals surface area contributed by atoms with Gasteiger partial charge in [-0.25, -0.2) is 0 Å². The molecule has 1 aromatic heterocycles. The highest BCUT2D eigenvalue weighted by molar-refractivity contribution is 7.09. The fourth-order valence-electron chi connectivity index (χ4n) is 3.68. The third-order valence-corrected chi connectivity index (χ3v) is 6.51. The van der Waals surface area contributed by atoms with Crippen molar-refractivity contribution in [2.45, 2.75) is 54.3 Å². The van der Waals surface area contributed by atoms with E-state index in [1.54, 1.807) is 0 Å². The van der Waals surface area contributed by atoms with Crippen LogP contribution >= 0.6 is 46.1 Å². The van der Waals surface area contributed by atoms with Crippen LogP contribution in [0, 0.1) is 5.41 Å². The predicted molar refractivity (Wildman–Crippen MR) is 126 cm³/mol. The first-order chi connectivity index (χ1) is 16.2. The van der Waals surface area contributed by atoms with Crippen LogP contribution in [-0.2, 0) is 39.8 Å². The number of hydrogen-bond donors (Lipinski definition) is 1. The molecule has 6 atom stereocenters. The molecule has 184 valence electrons. The van der Waals surface area contributed by atoms with Crippen LogP contribution < -0.4 is 0 Å². The molecule has 0 aliphatic carbocycles. The second-order valence-corrected chi connectivity index (χ2v) is 10.9. The summed E-state index contributed by atoms with van der Waals surface area (Å²) in [6.07, 6.45) is -5.29. The smallest absolute Gasteiger partial charge is 0.303 e. The molecule has 2 fully saturated rings. The first-order valence-electron chi connectivity index (χ1n) is 10.3. The van der Waals surface area contributed by atoms with Gasteiger partial charge in [-0.1, -0.05) is 71.2 Å². The van der Waals surface area contributed by atoms with Crippen molar-refractivity contribution in [2.75, 3.05) is 6.61 Å². The van der Waals surface area contributed by atoms with Crippen LogP contribution in [0.5, 0.6) is 0 Å². The van der Waals surface area contributed by atoms with Crippen molar-refractivity contribution in [3.63, 3.8) is 0 Å². The molecule has 12 heteroatoms. The molecule has 0 bridgehead atoms. The molecular formula is C22H22Cl3NO7S. The summed E-state index contributed by atoms with van der Waals surface area (Å²) in [5.74, 6) is -1.20. The average Bonchev–Trinajstić information content (AvgIpc) is 3.31. The lowest BCUT2D eigenvalue weighted by Crippen LogP contribution is -2.64. The van der Waals surface area contributed by atoms with Crippen LogP contribution in [-0.4, -0.2) is 53.0 Å². The standard InChI is InChI=1S/C22H22Cl3NO7S/c1-12(27)30-17-16-15(11-29-19(32-16)13-6-3-2-4-7-13)31-20(33-21(26)22(23,24)25)18(17)28-10-14-8-5-9-34-14/h2-9,15-20,26H,10-11H2,1H3/t15-,16-,17+,18-,19?,20?/m1/s1. The minimum atomic E-state index is -2.12. The molecule has 3 heterocycles. The zero-order chi connectivity index (χ0) is 24.3. The minimum Gasteiger partial charge on any atom is -0.457 e. The topological polar surface area (TPSA) is 96.3 Å². The van der Waals surface area contributed by atoms with Crippen molar-refractivity contribution < 1.29 is 33.2 Å². The maximum absolute atomic E-state index is 12.1. The van der Waals surface area contributed by atoms with Gasteiger partial charge in [0.1, 0.15) is 12.2 Å². The summed E-state index contributed by atoms with van der Waals surface area (Å²) >= 11 is 18.9. The molecule has 1 aromatic carbocycles. The number of hydrogen-bond acceptors (Lipinski definition) is 9. The van der Waals surface area contributed by atoms with Crippen molar-refractivity contribution >= 4 is 58.0 Å². The van der Waals surface area contributed by atoms with E-state index in [-0.39, 0.29) is 13.2 Å². The van der Waals surface area contributed by atoms with E-state index < -0.39 is 52.7 Å². The van der Waals surface area contributed by atoms with E-state index in [0.29, 0.717) is 0 Å². The van der Waals surface area contributed by atoms with Crippen LogP contribution in [0.2, 0.25) is 0 Å². The highest BCUT2D eigenvalue weighted by atomic mass is 35.6. The Balaban J connectivity index is 1.61. The van der Waals surface area contributed by atoms with Gasteiger partial charge in [-0.2, -0.15) is 0 Å². The lowest BCUT2D eigenvalue weighted by molar-refractivity contribution is -0.358. The fourth-order valence-corrected chi connectivity index (χ4v) is 4.44. The molecule has 8 nitrogen and oxygen atoms in total. The van der Waals surface area contributed by atoms with Gasteiger partial charge in [0.2, 0.25) is 12.2 Å². The molecule has 0 spiro atoms. The first-order valence-corrected chi connectivity index (χ1v) is 12.3. The number of ether oxygens (including phenoxy) is 6. The summed E-state index contributed by atoms with van der Waals surface area (Å²) in [5, 5.41) is 9.91. The van der Waals surface area contributed by atoms with Crippen molar-refractivity contribution in [1.82, 2.24) is 0 Å². The fraction of sp³-hybridized carbons (Fsp3) is 0.455. The summed E-state index contributed by atoms with van der Waals surface area (Å²) in [6, 6.07) is 13.1. The lowest BCUT2D eigenvalue weighted by atomic mass is 9.97. The van der Waals surface area contributed by atoms with Gasteiger partial charge in [0, 0.05) is 17.4 Å². The molecule has 34 heavy (non-hydrogen) atoms. The Morgan fingerprint density at radius 1 is 1.12 bits per heavy atom. The number of alkyl halides is 3. The molecule has 4 rings (SSSR count). The molecule has 2 aliphatic rings. The summed E-state index contributed by atoms with van der Waals surface area (Å²) < 4.78 is 33.3. The summed E-state index contributed by atoms with van der Waals surface area (Å²) in [5.41, 5.74) is 0.801. The number of esters is 1. The SMILES string of the molecule is CC(=O)O[C@H]1[C@@H]2OC(c3ccccc3)OC[C@H]2OC(OC(=N)C(Cl)(Cl)Cl)[C@@H]1OCc1cccs1. The summed E-state index contributed by atoms with van der Waals surface area (Å²) in [4.78, 5) is 13.0. The molecule has 2 aromatic rings. The molecule has 0 radical (unpaired) electrons. The van der Waals surface area contributed by atoms with Crippen LogP contribution in [0.25, 0.3) is 0 Å². The van der Waals surface area contributed by atoms with Gasteiger partial charge in [-0.15, -0.1) is 11.3 Å². The number of halogens is 3. The van der Waals surface area contributed by atoms with Crippen molar-refractivity contribution in [3.8, 4) is 0 Å². The summed E-state index contributed by atoms with van der Waals surface area (Å²) in [7, 11) is 0. The van der Waals surface area contributed by atoms with Crippen molar-refractivity contribution in [2.24, 2.45) is 0 Å². The lowest BCUT2D eigenvalue weighted by Gasteiger charge is -2.48.